The monoisotopic (exact) mass is 175 g/mol. The van der Waals surface area contributed by atoms with E-state index >= 15 is 0 Å². The van der Waals surface area contributed by atoms with Crippen LogP contribution in [-0.4, -0.2) is 26.0 Å². The molecule has 0 aliphatic carbocycles. The van der Waals surface area contributed by atoms with Crippen molar-refractivity contribution in [1.29, 1.82) is 0 Å². The Morgan fingerprint density at radius 2 is 2.00 bits per heavy atom. The van der Waals surface area contributed by atoms with E-state index in [0.29, 0.717) is 0 Å². The van der Waals surface area contributed by atoms with Gasteiger partial charge in [0.15, 0.2) is 0 Å². The summed E-state index contributed by atoms with van der Waals surface area (Å²) in [6.07, 6.45) is 1.73. The van der Waals surface area contributed by atoms with Crippen LogP contribution in [0.25, 0.3) is 0 Å². The Morgan fingerprint density at radius 3 is 2.54 bits per heavy atom. The first-order chi connectivity index (χ1) is 6.38. The Kier molecular flexibility index (Phi) is 3.70. The lowest BCUT2D eigenvalue weighted by atomic mass is 10.1. The molecule has 0 bridgehead atoms. The molecule has 13 heavy (non-hydrogen) atoms. The normalized spacial score (nSPS) is 12.0. The molecular formula is C10H13N3. The topological polar surface area (TPSA) is 36.8 Å². The van der Waals surface area contributed by atoms with Crippen molar-refractivity contribution in [3.8, 4) is 0 Å². The van der Waals surface area contributed by atoms with Crippen molar-refractivity contribution in [2.75, 3.05) is 14.1 Å². The molecule has 0 heterocycles. The molecular weight excluding hydrogens is 162 g/mol. The van der Waals surface area contributed by atoms with E-state index in [0.717, 1.165) is 11.3 Å². The van der Waals surface area contributed by atoms with Gasteiger partial charge in [-0.15, -0.1) is 0 Å². The molecule has 1 N–H and O–H groups in total. The summed E-state index contributed by atoms with van der Waals surface area (Å²) in [5.74, 6) is 0. The summed E-state index contributed by atoms with van der Waals surface area (Å²) < 4.78 is 0. The van der Waals surface area contributed by atoms with E-state index in [1.165, 1.54) is 0 Å². The summed E-state index contributed by atoms with van der Waals surface area (Å²) in [6.45, 7) is 0. The van der Waals surface area contributed by atoms with Crippen molar-refractivity contribution in [2.45, 2.75) is 0 Å². The Bertz CT molecular complexity index is 301. The van der Waals surface area contributed by atoms with Crippen LogP contribution in [0.5, 0.6) is 0 Å². The first-order valence-electron chi connectivity index (χ1n) is 4.10. The summed E-state index contributed by atoms with van der Waals surface area (Å²) in [7, 11) is 3.50. The molecule has 0 radical (unpaired) electrons. The minimum atomic E-state index is 0.839. The van der Waals surface area contributed by atoms with E-state index in [1.54, 1.807) is 20.3 Å². The van der Waals surface area contributed by atoms with Gasteiger partial charge in [-0.1, -0.05) is 30.3 Å². The molecule has 1 aromatic carbocycles. The second kappa shape index (κ2) is 5.09. The number of aliphatic imine (C=N–C) groups is 1. The second-order valence-electron chi connectivity index (χ2n) is 2.47. The molecule has 0 amide bonds. The third-order valence-electron chi connectivity index (χ3n) is 1.55. The summed E-state index contributed by atoms with van der Waals surface area (Å²) in [5.41, 5.74) is 4.64. The van der Waals surface area contributed by atoms with Gasteiger partial charge in [-0.2, -0.15) is 5.10 Å². The van der Waals surface area contributed by atoms with Crippen molar-refractivity contribution in [1.82, 2.24) is 5.43 Å². The van der Waals surface area contributed by atoms with Gasteiger partial charge in [-0.25, -0.2) is 0 Å². The molecule has 0 aliphatic heterocycles. The van der Waals surface area contributed by atoms with Crippen LogP contribution in [0.3, 0.4) is 0 Å². The lowest BCUT2D eigenvalue weighted by Crippen LogP contribution is -2.08. The molecule has 68 valence electrons. The fraction of sp³-hybridized carbons (Fsp3) is 0.200. The minimum Gasteiger partial charge on any atom is -0.313 e. The fourth-order valence-corrected chi connectivity index (χ4v) is 1.02. The van der Waals surface area contributed by atoms with E-state index in [9.17, 15) is 0 Å². The van der Waals surface area contributed by atoms with Gasteiger partial charge < -0.3 is 5.43 Å². The van der Waals surface area contributed by atoms with Crippen LogP contribution in [0.2, 0.25) is 0 Å². The van der Waals surface area contributed by atoms with Crippen LogP contribution in [-0.2, 0) is 0 Å². The number of nitrogens with zero attached hydrogens (tertiary/aromatic N) is 2. The Hall–Kier alpha value is -1.64. The molecule has 0 saturated carbocycles. The molecule has 1 rings (SSSR count). The van der Waals surface area contributed by atoms with Crippen LogP contribution < -0.4 is 5.43 Å². The Balaban J connectivity index is 2.96. The average molecular weight is 175 g/mol. The molecule has 0 spiro atoms. The van der Waals surface area contributed by atoms with Crippen LogP contribution >= 0.6 is 0 Å². The Labute approximate surface area is 78.2 Å². The van der Waals surface area contributed by atoms with Gasteiger partial charge in [-0.3, -0.25) is 4.99 Å². The van der Waals surface area contributed by atoms with Gasteiger partial charge in [-0.05, 0) is 0 Å². The summed E-state index contributed by atoms with van der Waals surface area (Å²) in [6, 6.07) is 9.92. The number of hydrazone groups is 1. The zero-order valence-electron chi connectivity index (χ0n) is 7.86. The van der Waals surface area contributed by atoms with E-state index in [-0.39, 0.29) is 0 Å². The number of nitrogens with one attached hydrogen (secondary N) is 1. The zero-order chi connectivity index (χ0) is 9.52. The quantitative estimate of drug-likeness (QED) is 0.545. The molecule has 0 aromatic heterocycles. The highest BCUT2D eigenvalue weighted by atomic mass is 15.3. The Morgan fingerprint density at radius 1 is 1.31 bits per heavy atom. The standard InChI is InChI=1S/C10H13N3/c1-11-8-10(13-12-2)9-6-4-3-5-7-9/h3-8,12H,1-2H3. The summed E-state index contributed by atoms with van der Waals surface area (Å²) in [5, 5.41) is 4.10. The highest BCUT2D eigenvalue weighted by Crippen LogP contribution is 1.99. The highest BCUT2D eigenvalue weighted by molar-refractivity contribution is 6.38. The molecule has 0 unspecified atom stereocenters. The van der Waals surface area contributed by atoms with Crippen molar-refractivity contribution >= 4 is 11.9 Å². The number of benzene rings is 1. The van der Waals surface area contributed by atoms with E-state index in [2.05, 4.69) is 15.5 Å². The maximum atomic E-state index is 4.10. The third-order valence-corrected chi connectivity index (χ3v) is 1.55. The molecule has 3 nitrogen and oxygen atoms in total. The minimum absolute atomic E-state index is 0.839. The van der Waals surface area contributed by atoms with Crippen molar-refractivity contribution < 1.29 is 0 Å². The van der Waals surface area contributed by atoms with Crippen LogP contribution in [0.4, 0.5) is 0 Å². The largest absolute Gasteiger partial charge is 0.313 e. The van der Waals surface area contributed by atoms with Crippen LogP contribution in [0, 0.1) is 0 Å². The highest BCUT2D eigenvalue weighted by Gasteiger charge is 1.97. The SMILES string of the molecule is CN=CC(=NNC)c1ccccc1. The van der Waals surface area contributed by atoms with Crippen molar-refractivity contribution in [2.24, 2.45) is 10.1 Å². The van der Waals surface area contributed by atoms with Gasteiger partial charge >= 0.3 is 0 Å². The molecule has 0 aliphatic rings. The van der Waals surface area contributed by atoms with Gasteiger partial charge in [0, 0.05) is 25.9 Å². The zero-order valence-corrected chi connectivity index (χ0v) is 7.86. The van der Waals surface area contributed by atoms with Crippen molar-refractivity contribution in [3.05, 3.63) is 35.9 Å². The summed E-state index contributed by atoms with van der Waals surface area (Å²) in [4.78, 5) is 3.94. The van der Waals surface area contributed by atoms with Crippen LogP contribution in [0.1, 0.15) is 5.56 Å². The van der Waals surface area contributed by atoms with Gasteiger partial charge in [0.05, 0.1) is 0 Å². The first kappa shape index (κ1) is 9.45. The predicted molar refractivity (Wildman–Crippen MR) is 56.5 cm³/mol. The van der Waals surface area contributed by atoms with Crippen LogP contribution in [0.15, 0.2) is 40.4 Å². The average Bonchev–Trinajstić information content (AvgIpc) is 2.19. The first-order valence-corrected chi connectivity index (χ1v) is 4.10. The molecule has 1 aromatic rings. The smallest absolute Gasteiger partial charge is 0.108 e. The van der Waals surface area contributed by atoms with E-state index in [4.69, 9.17) is 0 Å². The molecule has 0 saturated heterocycles. The lowest BCUT2D eigenvalue weighted by molar-refractivity contribution is 0.905. The van der Waals surface area contributed by atoms with E-state index < -0.39 is 0 Å². The van der Waals surface area contributed by atoms with Gasteiger partial charge in [0.25, 0.3) is 0 Å². The van der Waals surface area contributed by atoms with E-state index in [1.807, 2.05) is 30.3 Å². The maximum Gasteiger partial charge on any atom is 0.108 e. The lowest BCUT2D eigenvalue weighted by Gasteiger charge is -1.99. The number of rotatable bonds is 3. The molecule has 0 atom stereocenters. The van der Waals surface area contributed by atoms with Gasteiger partial charge in [0.1, 0.15) is 5.71 Å². The number of hydrogen-bond acceptors (Lipinski definition) is 3. The maximum absolute atomic E-state index is 4.10. The summed E-state index contributed by atoms with van der Waals surface area (Å²) >= 11 is 0. The second-order valence-corrected chi connectivity index (χ2v) is 2.47. The number of hydrogen-bond donors (Lipinski definition) is 1. The van der Waals surface area contributed by atoms with Crippen molar-refractivity contribution in [3.63, 3.8) is 0 Å². The fourth-order valence-electron chi connectivity index (χ4n) is 1.02. The van der Waals surface area contributed by atoms with Gasteiger partial charge in [0.2, 0.25) is 0 Å². The molecule has 3 heteroatoms. The molecule has 0 fully saturated rings. The predicted octanol–water partition coefficient (Wildman–Crippen LogP) is 1.31. The third kappa shape index (κ3) is 2.71.